The van der Waals surface area contributed by atoms with E-state index < -0.39 is 5.60 Å². The Bertz CT molecular complexity index is 520. The van der Waals surface area contributed by atoms with Gasteiger partial charge in [-0.2, -0.15) is 0 Å². The Balaban J connectivity index is 1.96. The maximum atomic E-state index is 11.8. The van der Waals surface area contributed by atoms with Crippen LogP contribution in [0.5, 0.6) is 0 Å². The van der Waals surface area contributed by atoms with E-state index in [1.54, 1.807) is 0 Å². The van der Waals surface area contributed by atoms with Crippen molar-refractivity contribution < 1.29 is 14.4 Å². The van der Waals surface area contributed by atoms with Crippen LogP contribution in [0.1, 0.15) is 26.3 Å². The van der Waals surface area contributed by atoms with E-state index in [2.05, 4.69) is 21.8 Å². The van der Waals surface area contributed by atoms with E-state index in [9.17, 15) is 4.79 Å². The Labute approximate surface area is 131 Å². The molecule has 0 aliphatic carbocycles. The van der Waals surface area contributed by atoms with E-state index in [1.807, 2.05) is 39.8 Å². The van der Waals surface area contributed by atoms with Crippen LogP contribution in [0.15, 0.2) is 18.2 Å². The van der Waals surface area contributed by atoms with Crippen LogP contribution in [0.3, 0.4) is 0 Å². The summed E-state index contributed by atoms with van der Waals surface area (Å²) >= 11 is 0. The molecule has 0 saturated carbocycles. The molecule has 122 valence electrons. The Kier molecular flexibility index (Phi) is 5.26. The third-order valence-corrected chi connectivity index (χ3v) is 3.28. The summed E-state index contributed by atoms with van der Waals surface area (Å²) in [5.74, 6) is 0. The summed E-state index contributed by atoms with van der Waals surface area (Å²) in [6.07, 6.45) is 0. The van der Waals surface area contributed by atoms with Crippen molar-refractivity contribution in [3.63, 3.8) is 0 Å². The van der Waals surface area contributed by atoms with Crippen LogP contribution < -0.4 is 15.7 Å². The van der Waals surface area contributed by atoms with E-state index in [0.29, 0.717) is 0 Å². The van der Waals surface area contributed by atoms with Crippen molar-refractivity contribution >= 4 is 17.4 Å². The lowest BCUT2D eigenvalue weighted by Gasteiger charge is -2.29. The van der Waals surface area contributed by atoms with Crippen LogP contribution in [0.25, 0.3) is 0 Å². The summed E-state index contributed by atoms with van der Waals surface area (Å²) in [5, 5.41) is 2.79. The zero-order chi connectivity index (χ0) is 16.2. The number of rotatable bonds is 3. The van der Waals surface area contributed by atoms with Gasteiger partial charge in [0.05, 0.1) is 18.8 Å². The highest BCUT2D eigenvalue weighted by atomic mass is 16.7. The van der Waals surface area contributed by atoms with Crippen molar-refractivity contribution in [1.82, 2.24) is 5.48 Å². The molecular weight excluding hydrogens is 282 g/mol. The number of morpholine rings is 1. The van der Waals surface area contributed by atoms with Gasteiger partial charge < -0.3 is 15.0 Å². The first-order chi connectivity index (χ1) is 10.3. The van der Waals surface area contributed by atoms with E-state index >= 15 is 0 Å². The normalized spacial score (nSPS) is 15.5. The Hall–Kier alpha value is -1.79. The number of nitrogens with zero attached hydrogens (tertiary/aromatic N) is 1. The van der Waals surface area contributed by atoms with Crippen molar-refractivity contribution in [2.75, 3.05) is 36.5 Å². The number of urea groups is 1. The Morgan fingerprint density at radius 2 is 1.95 bits per heavy atom. The van der Waals surface area contributed by atoms with Gasteiger partial charge in [0.1, 0.15) is 0 Å². The third kappa shape index (κ3) is 4.89. The molecule has 1 aliphatic rings. The first kappa shape index (κ1) is 16.6. The van der Waals surface area contributed by atoms with Crippen LogP contribution in [0.2, 0.25) is 0 Å². The van der Waals surface area contributed by atoms with Gasteiger partial charge in [-0.15, -0.1) is 0 Å². The van der Waals surface area contributed by atoms with Gasteiger partial charge in [0.25, 0.3) is 0 Å². The third-order valence-electron chi connectivity index (χ3n) is 3.28. The average molecular weight is 307 g/mol. The molecule has 1 aromatic carbocycles. The Morgan fingerprint density at radius 1 is 1.27 bits per heavy atom. The highest BCUT2D eigenvalue weighted by molar-refractivity contribution is 5.89. The number of carbonyl (C=O) groups excluding carboxylic acids is 1. The molecule has 2 amide bonds. The molecule has 0 radical (unpaired) electrons. The topological polar surface area (TPSA) is 62.8 Å². The number of anilines is 2. The molecule has 0 bridgehead atoms. The van der Waals surface area contributed by atoms with E-state index in [0.717, 1.165) is 43.2 Å². The van der Waals surface area contributed by atoms with Crippen molar-refractivity contribution in [2.24, 2.45) is 0 Å². The zero-order valence-electron chi connectivity index (χ0n) is 13.7. The summed E-state index contributed by atoms with van der Waals surface area (Å²) < 4.78 is 5.36. The SMILES string of the molecule is Cc1cc(N2CCOCC2)ccc1NC(=O)NOC(C)(C)C. The lowest BCUT2D eigenvalue weighted by Crippen LogP contribution is -2.37. The fourth-order valence-corrected chi connectivity index (χ4v) is 2.15. The number of benzene rings is 1. The van der Waals surface area contributed by atoms with Crippen molar-refractivity contribution in [3.05, 3.63) is 23.8 Å². The highest BCUT2D eigenvalue weighted by Gasteiger charge is 2.15. The van der Waals surface area contributed by atoms with Gasteiger partial charge in [-0.1, -0.05) is 0 Å². The maximum absolute atomic E-state index is 11.8. The first-order valence-corrected chi connectivity index (χ1v) is 7.53. The van der Waals surface area contributed by atoms with E-state index in [-0.39, 0.29) is 6.03 Å². The number of ether oxygens (including phenoxy) is 1. The molecule has 0 atom stereocenters. The molecule has 0 spiro atoms. The fraction of sp³-hybridized carbons (Fsp3) is 0.562. The molecule has 0 aromatic heterocycles. The second kappa shape index (κ2) is 6.98. The number of nitrogens with one attached hydrogen (secondary N) is 2. The summed E-state index contributed by atoms with van der Waals surface area (Å²) in [6.45, 7) is 10.9. The molecule has 2 rings (SSSR count). The highest BCUT2D eigenvalue weighted by Crippen LogP contribution is 2.23. The number of hydrogen-bond acceptors (Lipinski definition) is 4. The number of hydroxylamine groups is 1. The predicted octanol–water partition coefficient (Wildman–Crippen LogP) is 2.68. The Morgan fingerprint density at radius 3 is 2.55 bits per heavy atom. The summed E-state index contributed by atoms with van der Waals surface area (Å²) in [5.41, 5.74) is 4.91. The van der Waals surface area contributed by atoms with Crippen LogP contribution in [-0.4, -0.2) is 37.9 Å². The van der Waals surface area contributed by atoms with Gasteiger partial charge in [-0.05, 0) is 51.5 Å². The summed E-state index contributed by atoms with van der Waals surface area (Å²) in [6, 6.07) is 5.62. The molecule has 1 saturated heterocycles. The zero-order valence-corrected chi connectivity index (χ0v) is 13.7. The fourth-order valence-electron chi connectivity index (χ4n) is 2.15. The van der Waals surface area contributed by atoms with Gasteiger partial charge in [-0.3, -0.25) is 4.84 Å². The monoisotopic (exact) mass is 307 g/mol. The van der Waals surface area contributed by atoms with Gasteiger partial charge in [-0.25, -0.2) is 10.3 Å². The van der Waals surface area contributed by atoms with Crippen molar-refractivity contribution in [1.29, 1.82) is 0 Å². The van der Waals surface area contributed by atoms with Crippen LogP contribution >= 0.6 is 0 Å². The van der Waals surface area contributed by atoms with Crippen molar-refractivity contribution in [2.45, 2.75) is 33.3 Å². The van der Waals surface area contributed by atoms with Gasteiger partial charge in [0, 0.05) is 24.5 Å². The van der Waals surface area contributed by atoms with Crippen LogP contribution in [-0.2, 0) is 9.57 Å². The molecule has 1 aromatic rings. The second-order valence-electron chi connectivity index (χ2n) is 6.37. The van der Waals surface area contributed by atoms with Crippen molar-refractivity contribution in [3.8, 4) is 0 Å². The summed E-state index contributed by atoms with van der Waals surface area (Å²) in [7, 11) is 0. The van der Waals surface area contributed by atoms with Gasteiger partial charge in [0.2, 0.25) is 0 Å². The molecule has 6 heteroatoms. The number of carbonyl (C=O) groups is 1. The molecular formula is C16H25N3O3. The lowest BCUT2D eigenvalue weighted by molar-refractivity contribution is -0.0505. The molecule has 1 heterocycles. The molecule has 1 aliphatic heterocycles. The van der Waals surface area contributed by atoms with E-state index in [4.69, 9.17) is 9.57 Å². The van der Waals surface area contributed by atoms with Gasteiger partial charge >= 0.3 is 6.03 Å². The molecule has 22 heavy (non-hydrogen) atoms. The predicted molar refractivity (Wildman–Crippen MR) is 87.2 cm³/mol. The average Bonchev–Trinajstić information content (AvgIpc) is 2.47. The second-order valence-corrected chi connectivity index (χ2v) is 6.37. The minimum absolute atomic E-state index is 0.378. The first-order valence-electron chi connectivity index (χ1n) is 7.53. The quantitative estimate of drug-likeness (QED) is 0.843. The van der Waals surface area contributed by atoms with Crippen LogP contribution in [0, 0.1) is 6.92 Å². The minimum atomic E-state index is -0.424. The molecule has 1 fully saturated rings. The largest absolute Gasteiger partial charge is 0.378 e. The molecule has 0 unspecified atom stereocenters. The summed E-state index contributed by atoms with van der Waals surface area (Å²) in [4.78, 5) is 19.3. The number of amides is 2. The number of aryl methyl sites for hydroxylation is 1. The van der Waals surface area contributed by atoms with Crippen LogP contribution in [0.4, 0.5) is 16.2 Å². The smallest absolute Gasteiger partial charge is 0.343 e. The molecule has 6 nitrogen and oxygen atoms in total. The van der Waals surface area contributed by atoms with E-state index in [1.165, 1.54) is 0 Å². The number of hydrogen-bond donors (Lipinski definition) is 2. The maximum Gasteiger partial charge on any atom is 0.343 e. The molecule has 2 N–H and O–H groups in total. The minimum Gasteiger partial charge on any atom is -0.378 e. The standard InChI is InChI=1S/C16H25N3O3/c1-12-11-13(19-7-9-21-10-8-19)5-6-14(12)17-15(20)18-22-16(2,3)4/h5-6,11H,7-10H2,1-4H3,(H2,17,18,20). The van der Waals surface area contributed by atoms with Gasteiger partial charge in [0.15, 0.2) is 0 Å². The lowest BCUT2D eigenvalue weighted by atomic mass is 10.1.